The number of aryl methyl sites for hydroxylation is 2. The fourth-order valence-corrected chi connectivity index (χ4v) is 3.97. The number of rotatable bonds is 2. The molecule has 0 atom stereocenters. The fraction of sp³-hybridized carbons (Fsp3) is 0.0952. The van der Waals surface area contributed by atoms with Gasteiger partial charge in [0.25, 0.3) is 5.91 Å². The van der Waals surface area contributed by atoms with Gasteiger partial charge in [-0.3, -0.25) is 14.6 Å². The second kappa shape index (κ2) is 7.04. The molecule has 0 radical (unpaired) electrons. The summed E-state index contributed by atoms with van der Waals surface area (Å²) in [5.41, 5.74) is 2.42. The Morgan fingerprint density at radius 3 is 2.75 bits per heavy atom. The van der Waals surface area contributed by atoms with E-state index in [2.05, 4.69) is 26.2 Å². The Balaban J connectivity index is 1.84. The van der Waals surface area contributed by atoms with Crippen LogP contribution in [0.2, 0.25) is 5.02 Å². The zero-order valence-corrected chi connectivity index (χ0v) is 17.4. The van der Waals surface area contributed by atoms with E-state index in [0.29, 0.717) is 21.6 Å². The van der Waals surface area contributed by atoms with E-state index >= 15 is 0 Å². The second-order valence-corrected chi connectivity index (χ2v) is 7.87. The highest BCUT2D eigenvalue weighted by Crippen LogP contribution is 2.27. The molecular weight excluding hydrogens is 442 g/mol. The van der Waals surface area contributed by atoms with Crippen LogP contribution in [0.4, 0.5) is 5.69 Å². The lowest BCUT2D eigenvalue weighted by Gasteiger charge is -2.12. The highest BCUT2D eigenvalue weighted by molar-refractivity contribution is 9.10. The van der Waals surface area contributed by atoms with Crippen molar-refractivity contribution < 1.29 is 4.79 Å². The molecule has 0 aliphatic rings. The molecule has 0 bridgehead atoms. The summed E-state index contributed by atoms with van der Waals surface area (Å²) in [6.07, 6.45) is 1.51. The predicted octanol–water partition coefficient (Wildman–Crippen LogP) is 5.06. The average Bonchev–Trinajstić information content (AvgIpc) is 2.65. The maximum absolute atomic E-state index is 13.0. The topological polar surface area (TPSA) is 64.0 Å². The van der Waals surface area contributed by atoms with Gasteiger partial charge in [0.2, 0.25) is 5.43 Å². The average molecular weight is 457 g/mol. The van der Waals surface area contributed by atoms with Crippen LogP contribution in [0.3, 0.4) is 0 Å². The lowest BCUT2D eigenvalue weighted by molar-refractivity contribution is 0.102. The van der Waals surface area contributed by atoms with E-state index in [1.54, 1.807) is 35.9 Å². The summed E-state index contributed by atoms with van der Waals surface area (Å²) in [4.78, 5) is 30.3. The number of carbonyl (C=O) groups is 1. The zero-order chi connectivity index (χ0) is 20.0. The molecule has 140 valence electrons. The van der Waals surface area contributed by atoms with E-state index in [4.69, 9.17) is 11.6 Å². The van der Waals surface area contributed by atoms with Crippen LogP contribution in [0.15, 0.2) is 57.9 Å². The number of nitrogens with one attached hydrogen (secondary N) is 1. The number of anilines is 1. The lowest BCUT2D eigenvalue weighted by Crippen LogP contribution is -2.23. The minimum Gasteiger partial charge on any atom is -0.348 e. The van der Waals surface area contributed by atoms with Crippen molar-refractivity contribution in [3.05, 3.63) is 79.6 Å². The Kier molecular flexibility index (Phi) is 4.69. The van der Waals surface area contributed by atoms with E-state index in [0.717, 1.165) is 21.1 Å². The van der Waals surface area contributed by atoms with Gasteiger partial charge < -0.3 is 9.88 Å². The van der Waals surface area contributed by atoms with Crippen LogP contribution in [0.1, 0.15) is 16.1 Å². The normalized spacial score (nSPS) is 11.1. The van der Waals surface area contributed by atoms with Crippen molar-refractivity contribution in [2.75, 3.05) is 5.32 Å². The first-order valence-corrected chi connectivity index (χ1v) is 9.68. The molecule has 4 aromatic rings. The molecule has 0 spiro atoms. The SMILES string of the molecule is Cc1cc(NC(=O)c2cn(C)c3c(Cl)cccc3c2=O)c2cc(Br)ccc2n1. The second-order valence-electron chi connectivity index (χ2n) is 6.55. The monoisotopic (exact) mass is 455 g/mol. The molecule has 0 aliphatic heterocycles. The molecule has 0 saturated carbocycles. The highest BCUT2D eigenvalue weighted by atomic mass is 79.9. The van der Waals surface area contributed by atoms with Gasteiger partial charge in [0.05, 0.1) is 21.7 Å². The molecule has 0 unspecified atom stereocenters. The maximum atomic E-state index is 13.0. The fourth-order valence-electron chi connectivity index (χ4n) is 3.30. The minimum atomic E-state index is -0.477. The number of halogens is 2. The van der Waals surface area contributed by atoms with E-state index in [9.17, 15) is 9.59 Å². The first kappa shape index (κ1) is 18.7. The largest absolute Gasteiger partial charge is 0.348 e. The number of aromatic nitrogens is 2. The van der Waals surface area contributed by atoms with Gasteiger partial charge in [-0.1, -0.05) is 33.6 Å². The molecule has 2 aromatic heterocycles. The van der Waals surface area contributed by atoms with Crippen LogP contribution < -0.4 is 10.7 Å². The summed E-state index contributed by atoms with van der Waals surface area (Å²) < 4.78 is 2.57. The van der Waals surface area contributed by atoms with Gasteiger partial charge in [-0.15, -0.1) is 0 Å². The quantitative estimate of drug-likeness (QED) is 0.458. The van der Waals surface area contributed by atoms with E-state index in [1.165, 1.54) is 6.20 Å². The number of para-hydroxylation sites is 1. The number of hydrogen-bond acceptors (Lipinski definition) is 3. The van der Waals surface area contributed by atoms with Crippen LogP contribution in [0.5, 0.6) is 0 Å². The van der Waals surface area contributed by atoms with E-state index in [-0.39, 0.29) is 11.0 Å². The molecule has 0 saturated heterocycles. The smallest absolute Gasteiger partial charge is 0.261 e. The molecule has 7 heteroatoms. The summed E-state index contributed by atoms with van der Waals surface area (Å²) in [6, 6.07) is 12.5. The van der Waals surface area contributed by atoms with E-state index < -0.39 is 5.91 Å². The lowest BCUT2D eigenvalue weighted by atomic mass is 10.1. The molecule has 2 aromatic carbocycles. The number of benzene rings is 2. The first-order valence-electron chi connectivity index (χ1n) is 8.51. The van der Waals surface area contributed by atoms with Crippen molar-refractivity contribution in [3.63, 3.8) is 0 Å². The maximum Gasteiger partial charge on any atom is 0.261 e. The summed E-state index contributed by atoms with van der Waals surface area (Å²) in [5, 5.41) is 4.52. The molecule has 1 N–H and O–H groups in total. The third-order valence-corrected chi connectivity index (χ3v) is 5.34. The van der Waals surface area contributed by atoms with Crippen LogP contribution in [0, 0.1) is 6.92 Å². The molecule has 5 nitrogen and oxygen atoms in total. The van der Waals surface area contributed by atoms with Crippen LogP contribution in [-0.2, 0) is 7.05 Å². The Bertz CT molecular complexity index is 1330. The van der Waals surface area contributed by atoms with Crippen LogP contribution in [0.25, 0.3) is 21.8 Å². The predicted molar refractivity (Wildman–Crippen MR) is 116 cm³/mol. The van der Waals surface area contributed by atoms with Crippen molar-refractivity contribution in [1.29, 1.82) is 0 Å². The number of pyridine rings is 2. The third-order valence-electron chi connectivity index (χ3n) is 4.54. The van der Waals surface area contributed by atoms with Gasteiger partial charge in [0, 0.05) is 34.2 Å². The van der Waals surface area contributed by atoms with Gasteiger partial charge in [0.1, 0.15) is 5.56 Å². The van der Waals surface area contributed by atoms with Crippen molar-refractivity contribution >= 4 is 60.9 Å². The summed E-state index contributed by atoms with van der Waals surface area (Å²) >= 11 is 9.67. The van der Waals surface area contributed by atoms with Crippen molar-refractivity contribution in [1.82, 2.24) is 9.55 Å². The number of hydrogen-bond donors (Lipinski definition) is 1. The summed E-state index contributed by atoms with van der Waals surface area (Å²) in [5.74, 6) is -0.477. The van der Waals surface area contributed by atoms with Crippen LogP contribution >= 0.6 is 27.5 Å². The van der Waals surface area contributed by atoms with Gasteiger partial charge in [-0.2, -0.15) is 0 Å². The molecule has 0 aliphatic carbocycles. The van der Waals surface area contributed by atoms with Crippen molar-refractivity contribution in [2.24, 2.45) is 7.05 Å². The summed E-state index contributed by atoms with van der Waals surface area (Å²) in [6.45, 7) is 1.86. The van der Waals surface area contributed by atoms with Gasteiger partial charge >= 0.3 is 0 Å². The Labute approximate surface area is 174 Å². The Morgan fingerprint density at radius 2 is 1.96 bits per heavy atom. The van der Waals surface area contributed by atoms with Crippen molar-refractivity contribution in [3.8, 4) is 0 Å². The molecule has 4 rings (SSSR count). The van der Waals surface area contributed by atoms with E-state index in [1.807, 2.05) is 25.1 Å². The standard InChI is InChI=1S/C21H15BrClN3O2/c1-11-8-18(14-9-12(22)6-7-17(14)24-11)25-21(28)15-10-26(2)19-13(20(15)27)4-3-5-16(19)23/h3-10H,1-2H3,(H,24,25,28). The summed E-state index contributed by atoms with van der Waals surface area (Å²) in [7, 11) is 1.76. The number of nitrogens with zero attached hydrogens (tertiary/aromatic N) is 2. The molecule has 0 fully saturated rings. The van der Waals surface area contributed by atoms with Gasteiger partial charge in [0.15, 0.2) is 0 Å². The molecular formula is C21H15BrClN3O2. The van der Waals surface area contributed by atoms with Crippen LogP contribution in [-0.4, -0.2) is 15.5 Å². The minimum absolute atomic E-state index is 0.0508. The Hall–Kier alpha value is -2.70. The zero-order valence-electron chi connectivity index (χ0n) is 15.1. The number of carbonyl (C=O) groups excluding carboxylic acids is 1. The third kappa shape index (κ3) is 3.19. The molecule has 28 heavy (non-hydrogen) atoms. The van der Waals surface area contributed by atoms with Gasteiger partial charge in [-0.05, 0) is 43.3 Å². The van der Waals surface area contributed by atoms with Gasteiger partial charge in [-0.25, -0.2) is 0 Å². The highest BCUT2D eigenvalue weighted by Gasteiger charge is 2.17. The molecule has 2 heterocycles. The van der Waals surface area contributed by atoms with Crippen molar-refractivity contribution in [2.45, 2.75) is 6.92 Å². The number of fused-ring (bicyclic) bond motifs is 2. The first-order chi connectivity index (χ1) is 13.3. The number of amides is 1. The Morgan fingerprint density at radius 1 is 1.18 bits per heavy atom. The molecule has 1 amide bonds.